The summed E-state index contributed by atoms with van der Waals surface area (Å²) >= 11 is 0. The second-order valence-corrected chi connectivity index (χ2v) is 6.96. The average molecular weight is 429 g/mol. The number of aliphatic imine (C=N–C) groups is 1. The number of nitrogens with one attached hydrogen (secondary N) is 1. The van der Waals surface area contributed by atoms with Crippen molar-refractivity contribution in [2.45, 2.75) is 0 Å². The quantitative estimate of drug-likeness (QED) is 0.570. The van der Waals surface area contributed by atoms with Crippen LogP contribution in [0.4, 0.5) is 23.3 Å². The number of pyridine rings is 2. The lowest BCUT2D eigenvalue weighted by atomic mass is 10.2. The third-order valence-electron chi connectivity index (χ3n) is 4.85. The smallest absolute Gasteiger partial charge is 0.257 e. The second kappa shape index (κ2) is 10.1. The first-order valence-corrected chi connectivity index (χ1v) is 10.1. The number of carbonyl (C=O) groups excluding carboxylic acids is 1. The molecule has 3 aromatic rings. The summed E-state index contributed by atoms with van der Waals surface area (Å²) < 4.78 is 0. The van der Waals surface area contributed by atoms with E-state index in [1.807, 2.05) is 18.2 Å². The summed E-state index contributed by atoms with van der Waals surface area (Å²) in [6.45, 7) is 3.27. The summed E-state index contributed by atoms with van der Waals surface area (Å²) in [6, 6.07) is 9.22. The van der Waals surface area contributed by atoms with Crippen molar-refractivity contribution in [1.29, 1.82) is 0 Å². The van der Waals surface area contributed by atoms with E-state index in [4.69, 9.17) is 5.73 Å². The molecule has 1 saturated heterocycles. The van der Waals surface area contributed by atoms with Crippen molar-refractivity contribution in [2.75, 3.05) is 41.3 Å². The van der Waals surface area contributed by atoms with Gasteiger partial charge in [-0.3, -0.25) is 4.79 Å². The summed E-state index contributed by atoms with van der Waals surface area (Å²) in [4.78, 5) is 38.3. The fourth-order valence-corrected chi connectivity index (χ4v) is 3.19. The SMILES string of the molecule is N/C=C\C=Nc1ccc(C(=O)Nc2cnc(N3CCN(c4ccccn4)CC3)nc2)cn1. The van der Waals surface area contributed by atoms with Gasteiger partial charge in [0.1, 0.15) is 5.82 Å². The summed E-state index contributed by atoms with van der Waals surface area (Å²) in [5, 5.41) is 2.78. The second-order valence-electron chi connectivity index (χ2n) is 6.96. The highest BCUT2D eigenvalue weighted by Crippen LogP contribution is 2.17. The van der Waals surface area contributed by atoms with Crippen molar-refractivity contribution in [3.05, 3.63) is 73.0 Å². The minimum absolute atomic E-state index is 0.296. The lowest BCUT2D eigenvalue weighted by Gasteiger charge is -2.35. The summed E-state index contributed by atoms with van der Waals surface area (Å²) in [5.74, 6) is 1.80. The molecule has 0 atom stereocenters. The van der Waals surface area contributed by atoms with Gasteiger partial charge in [0.25, 0.3) is 5.91 Å². The number of hydrogen-bond donors (Lipinski definition) is 2. The van der Waals surface area contributed by atoms with E-state index < -0.39 is 0 Å². The van der Waals surface area contributed by atoms with Crippen LogP contribution in [0.3, 0.4) is 0 Å². The number of aromatic nitrogens is 4. The third kappa shape index (κ3) is 5.22. The average Bonchev–Trinajstić information content (AvgIpc) is 2.86. The van der Waals surface area contributed by atoms with E-state index in [1.54, 1.807) is 36.8 Å². The molecule has 1 amide bonds. The zero-order valence-electron chi connectivity index (χ0n) is 17.4. The van der Waals surface area contributed by atoms with E-state index in [9.17, 15) is 4.79 Å². The molecule has 32 heavy (non-hydrogen) atoms. The van der Waals surface area contributed by atoms with Gasteiger partial charge in [-0.25, -0.2) is 24.9 Å². The van der Waals surface area contributed by atoms with Crippen LogP contribution in [0.1, 0.15) is 10.4 Å². The number of allylic oxidation sites excluding steroid dienone is 1. The van der Waals surface area contributed by atoms with E-state index in [2.05, 4.69) is 40.0 Å². The predicted molar refractivity (Wildman–Crippen MR) is 124 cm³/mol. The molecule has 4 rings (SSSR count). The number of carbonyl (C=O) groups is 1. The third-order valence-corrected chi connectivity index (χ3v) is 4.85. The molecule has 4 heterocycles. The van der Waals surface area contributed by atoms with Crippen LogP contribution in [0.2, 0.25) is 0 Å². The molecule has 0 spiro atoms. The highest BCUT2D eigenvalue weighted by atomic mass is 16.1. The fourth-order valence-electron chi connectivity index (χ4n) is 3.19. The van der Waals surface area contributed by atoms with Gasteiger partial charge in [0, 0.05) is 44.8 Å². The van der Waals surface area contributed by atoms with E-state index in [1.165, 1.54) is 18.6 Å². The standard InChI is InChI=1S/C22H23N9O/c23-7-3-9-24-19-6-5-17(14-26-19)21(32)29-18-15-27-22(28-16-18)31-12-10-30(11-13-31)20-4-1-2-8-25-20/h1-9,14-16H,10-13,23H2,(H,29,32)/b7-3-,24-9?. The summed E-state index contributed by atoms with van der Waals surface area (Å²) in [6.07, 6.45) is 11.0. The van der Waals surface area contributed by atoms with Crippen LogP contribution in [-0.4, -0.2) is 58.2 Å². The molecule has 3 aromatic heterocycles. The minimum atomic E-state index is -0.296. The number of nitrogens with zero attached hydrogens (tertiary/aromatic N) is 7. The van der Waals surface area contributed by atoms with Gasteiger partial charge in [-0.05, 0) is 36.5 Å². The number of hydrogen-bond acceptors (Lipinski definition) is 9. The molecule has 0 aliphatic carbocycles. The maximum atomic E-state index is 12.4. The fraction of sp³-hybridized carbons (Fsp3) is 0.182. The Morgan fingerprint density at radius 3 is 2.41 bits per heavy atom. The zero-order valence-corrected chi connectivity index (χ0v) is 17.4. The van der Waals surface area contributed by atoms with Crippen LogP contribution in [0, 0.1) is 0 Å². The largest absolute Gasteiger partial charge is 0.405 e. The number of anilines is 3. The zero-order chi connectivity index (χ0) is 22.2. The van der Waals surface area contributed by atoms with Gasteiger partial charge in [0.15, 0.2) is 5.82 Å². The van der Waals surface area contributed by atoms with E-state index in [-0.39, 0.29) is 5.91 Å². The van der Waals surface area contributed by atoms with Gasteiger partial charge < -0.3 is 20.9 Å². The van der Waals surface area contributed by atoms with Crippen molar-refractivity contribution in [1.82, 2.24) is 19.9 Å². The number of amides is 1. The van der Waals surface area contributed by atoms with Crippen molar-refractivity contribution in [3.8, 4) is 0 Å². The number of nitrogens with two attached hydrogens (primary N) is 1. The molecule has 0 unspecified atom stereocenters. The van der Waals surface area contributed by atoms with Gasteiger partial charge in [-0.2, -0.15) is 0 Å². The molecule has 1 aliphatic heterocycles. The molecule has 0 bridgehead atoms. The monoisotopic (exact) mass is 429 g/mol. The predicted octanol–water partition coefficient (Wildman–Crippen LogP) is 2.02. The van der Waals surface area contributed by atoms with E-state index in [0.29, 0.717) is 23.0 Å². The molecule has 1 aliphatic rings. The highest BCUT2D eigenvalue weighted by Gasteiger charge is 2.19. The first kappa shape index (κ1) is 20.9. The van der Waals surface area contributed by atoms with Crippen LogP contribution in [-0.2, 0) is 0 Å². The Kier molecular flexibility index (Phi) is 6.61. The van der Waals surface area contributed by atoms with Gasteiger partial charge in [-0.15, -0.1) is 0 Å². The summed E-state index contributed by atoms with van der Waals surface area (Å²) in [7, 11) is 0. The summed E-state index contributed by atoms with van der Waals surface area (Å²) in [5.41, 5.74) is 6.17. The lowest BCUT2D eigenvalue weighted by molar-refractivity contribution is 0.102. The van der Waals surface area contributed by atoms with Crippen LogP contribution in [0.25, 0.3) is 0 Å². The molecule has 1 fully saturated rings. The van der Waals surface area contributed by atoms with Gasteiger partial charge in [0.05, 0.1) is 23.6 Å². The molecule has 162 valence electrons. The maximum absolute atomic E-state index is 12.4. The number of rotatable bonds is 6. The Morgan fingerprint density at radius 1 is 0.969 bits per heavy atom. The van der Waals surface area contributed by atoms with Gasteiger partial charge in [-0.1, -0.05) is 6.07 Å². The Balaban J connectivity index is 1.31. The normalized spacial score (nSPS) is 14.2. The molecule has 0 saturated carbocycles. The first-order chi connectivity index (χ1) is 15.7. The van der Waals surface area contributed by atoms with Crippen molar-refractivity contribution < 1.29 is 4.79 Å². The molecule has 0 radical (unpaired) electrons. The van der Waals surface area contributed by atoms with Crippen molar-refractivity contribution >= 4 is 35.4 Å². The van der Waals surface area contributed by atoms with Crippen molar-refractivity contribution in [2.24, 2.45) is 10.7 Å². The van der Waals surface area contributed by atoms with Crippen LogP contribution < -0.4 is 20.9 Å². The molecule has 10 heteroatoms. The topological polar surface area (TPSA) is 126 Å². The van der Waals surface area contributed by atoms with Gasteiger partial charge in [0.2, 0.25) is 5.95 Å². The lowest BCUT2D eigenvalue weighted by Crippen LogP contribution is -2.47. The first-order valence-electron chi connectivity index (χ1n) is 10.1. The minimum Gasteiger partial charge on any atom is -0.405 e. The Hall–Kier alpha value is -4.34. The maximum Gasteiger partial charge on any atom is 0.257 e. The molecule has 3 N–H and O–H groups in total. The Labute approximate surface area is 185 Å². The molecule has 0 aromatic carbocycles. The van der Waals surface area contributed by atoms with Gasteiger partial charge >= 0.3 is 0 Å². The van der Waals surface area contributed by atoms with E-state index >= 15 is 0 Å². The van der Waals surface area contributed by atoms with Crippen LogP contribution in [0.5, 0.6) is 0 Å². The molecular weight excluding hydrogens is 406 g/mol. The highest BCUT2D eigenvalue weighted by molar-refractivity contribution is 6.04. The molecular formula is C22H23N9O. The van der Waals surface area contributed by atoms with Crippen LogP contribution >= 0.6 is 0 Å². The molecule has 10 nitrogen and oxygen atoms in total. The Morgan fingerprint density at radius 2 is 1.75 bits per heavy atom. The number of piperazine rings is 1. The van der Waals surface area contributed by atoms with Crippen LogP contribution in [0.15, 0.2) is 72.4 Å². The van der Waals surface area contributed by atoms with Crippen molar-refractivity contribution in [3.63, 3.8) is 0 Å². The Bertz CT molecular complexity index is 1070. The van der Waals surface area contributed by atoms with E-state index in [0.717, 1.165) is 32.0 Å².